The van der Waals surface area contributed by atoms with Gasteiger partial charge in [-0.05, 0) is 77.3 Å². The molecule has 0 bridgehead atoms. The molecule has 4 heterocycles. The van der Waals surface area contributed by atoms with E-state index in [-0.39, 0.29) is 46.9 Å². The van der Waals surface area contributed by atoms with Crippen LogP contribution in [0.25, 0.3) is 0 Å². The van der Waals surface area contributed by atoms with Crippen molar-refractivity contribution >= 4 is 17.8 Å². The Morgan fingerprint density at radius 1 is 1.00 bits per heavy atom. The highest BCUT2D eigenvalue weighted by atomic mass is 19.1. The summed E-state index contributed by atoms with van der Waals surface area (Å²) in [5, 5.41) is 0. The first-order valence-corrected chi connectivity index (χ1v) is 16.6. The van der Waals surface area contributed by atoms with Crippen LogP contribution in [0.1, 0.15) is 68.9 Å². The second-order valence-corrected chi connectivity index (χ2v) is 14.6. The number of rotatable bonds is 6. The quantitative estimate of drug-likeness (QED) is 0.317. The first-order valence-electron chi connectivity index (χ1n) is 16.6. The number of hydrogen-bond donors (Lipinski definition) is 0. The smallest absolute Gasteiger partial charge is 0.410 e. The summed E-state index contributed by atoms with van der Waals surface area (Å²) in [5.41, 5.74) is 1.82. The molecule has 2 atom stereocenters. The van der Waals surface area contributed by atoms with E-state index in [9.17, 15) is 14.0 Å². The van der Waals surface area contributed by atoms with Gasteiger partial charge in [0.05, 0.1) is 43.6 Å². The van der Waals surface area contributed by atoms with Crippen molar-refractivity contribution in [2.24, 2.45) is 5.41 Å². The fraction of sp³-hybridized carbons (Fsp3) is 0.500. The Morgan fingerprint density at radius 2 is 1.75 bits per heavy atom. The van der Waals surface area contributed by atoms with E-state index in [2.05, 4.69) is 14.9 Å². The highest BCUT2D eigenvalue weighted by molar-refractivity contribution is 5.97. The van der Waals surface area contributed by atoms with Crippen LogP contribution in [0.3, 0.4) is 0 Å². The number of aromatic nitrogens is 2. The van der Waals surface area contributed by atoms with E-state index in [0.717, 1.165) is 42.8 Å². The van der Waals surface area contributed by atoms with Crippen LogP contribution in [-0.2, 0) is 22.6 Å². The van der Waals surface area contributed by atoms with Crippen LogP contribution in [0.4, 0.5) is 15.0 Å². The maximum absolute atomic E-state index is 14.4. The maximum Gasteiger partial charge on any atom is 0.410 e. The molecule has 2 saturated heterocycles. The van der Waals surface area contributed by atoms with Crippen molar-refractivity contribution in [1.29, 1.82) is 0 Å². The van der Waals surface area contributed by atoms with Crippen LogP contribution < -0.4 is 14.4 Å². The Labute approximate surface area is 279 Å². The number of benzene rings is 2. The van der Waals surface area contributed by atoms with Crippen LogP contribution >= 0.6 is 0 Å². The molecule has 0 radical (unpaired) electrons. The summed E-state index contributed by atoms with van der Waals surface area (Å²) >= 11 is 0. The molecular formula is C36H42FN5O6. The zero-order valence-corrected chi connectivity index (χ0v) is 28.1. The highest BCUT2D eigenvalue weighted by Gasteiger charge is 2.54. The van der Waals surface area contributed by atoms with Crippen molar-refractivity contribution in [3.8, 4) is 17.2 Å². The van der Waals surface area contributed by atoms with Gasteiger partial charge in [0.25, 0.3) is 5.91 Å². The maximum atomic E-state index is 14.4. The molecule has 7 rings (SSSR count). The summed E-state index contributed by atoms with van der Waals surface area (Å²) in [6, 6.07) is 9.67. The number of nitrogens with zero attached hydrogens (tertiary/aromatic N) is 5. The lowest BCUT2D eigenvalue weighted by atomic mass is 9.61. The second kappa shape index (κ2) is 12.2. The van der Waals surface area contributed by atoms with Gasteiger partial charge in [0.2, 0.25) is 0 Å². The van der Waals surface area contributed by atoms with Gasteiger partial charge in [-0.2, -0.15) is 0 Å². The molecule has 12 heteroatoms. The molecule has 1 aliphatic carbocycles. The Balaban J connectivity index is 0.990. The number of morpholine rings is 1. The molecule has 2 amide bonds. The number of ether oxygens (including phenoxy) is 4. The standard InChI is InChI=1S/C36H42FN5O6/c1-22-17-45-18-23(2)42(22)33(43)27-11-25(37)9-10-30(27)47-31-14-38-21-39-32(31)41-19-36(20-41)12-26(13-36)46-29-8-6-7-24-15-40(16-28(24)29)34(44)48-35(3,4)5/h6-11,14,21-23,26H,12-13,15-20H2,1-5H3/t22-,23-/m1/s1. The number of anilines is 1. The molecule has 0 N–H and O–H groups in total. The normalized spacial score (nSPS) is 21.8. The molecular weight excluding hydrogens is 617 g/mol. The summed E-state index contributed by atoms with van der Waals surface area (Å²) in [6.45, 7) is 12.8. The van der Waals surface area contributed by atoms with Crippen LogP contribution in [0, 0.1) is 11.2 Å². The van der Waals surface area contributed by atoms with Gasteiger partial charge in [-0.1, -0.05) is 12.1 Å². The predicted molar refractivity (Wildman–Crippen MR) is 175 cm³/mol. The molecule has 3 aliphatic heterocycles. The van der Waals surface area contributed by atoms with Crippen LogP contribution in [0.15, 0.2) is 48.9 Å². The minimum Gasteiger partial charge on any atom is -0.490 e. The average Bonchev–Trinajstić information content (AvgIpc) is 3.44. The van der Waals surface area contributed by atoms with Crippen LogP contribution in [-0.4, -0.2) is 81.9 Å². The van der Waals surface area contributed by atoms with E-state index >= 15 is 0 Å². The first kappa shape index (κ1) is 32.1. The molecule has 3 fully saturated rings. The zero-order valence-electron chi connectivity index (χ0n) is 28.1. The third-order valence-electron chi connectivity index (χ3n) is 9.51. The van der Waals surface area contributed by atoms with E-state index in [1.165, 1.54) is 24.5 Å². The van der Waals surface area contributed by atoms with Crippen molar-refractivity contribution in [1.82, 2.24) is 19.8 Å². The molecule has 3 aromatic rings. The monoisotopic (exact) mass is 659 g/mol. The van der Waals surface area contributed by atoms with Crippen LogP contribution in [0.5, 0.6) is 17.2 Å². The minimum atomic E-state index is -0.551. The Bertz CT molecular complexity index is 1710. The van der Waals surface area contributed by atoms with Crippen molar-refractivity contribution in [3.63, 3.8) is 0 Å². The van der Waals surface area contributed by atoms with Gasteiger partial charge in [-0.3, -0.25) is 9.69 Å². The Morgan fingerprint density at radius 3 is 2.48 bits per heavy atom. The largest absolute Gasteiger partial charge is 0.490 e. The molecule has 11 nitrogen and oxygen atoms in total. The van der Waals surface area contributed by atoms with E-state index in [4.69, 9.17) is 18.9 Å². The van der Waals surface area contributed by atoms with E-state index in [1.54, 1.807) is 16.0 Å². The summed E-state index contributed by atoms with van der Waals surface area (Å²) < 4.78 is 38.4. The van der Waals surface area contributed by atoms with Crippen molar-refractivity contribution < 1.29 is 32.9 Å². The lowest BCUT2D eigenvalue weighted by molar-refractivity contribution is -0.0349. The second-order valence-electron chi connectivity index (χ2n) is 14.6. The molecule has 4 aliphatic rings. The van der Waals surface area contributed by atoms with Gasteiger partial charge in [0, 0.05) is 30.6 Å². The molecule has 48 heavy (non-hydrogen) atoms. The summed E-state index contributed by atoms with van der Waals surface area (Å²) in [5.74, 6) is 1.27. The van der Waals surface area contributed by atoms with Gasteiger partial charge in [0.1, 0.15) is 35.3 Å². The van der Waals surface area contributed by atoms with E-state index in [0.29, 0.717) is 37.9 Å². The molecule has 1 spiro atoms. The van der Waals surface area contributed by atoms with Crippen molar-refractivity contribution in [3.05, 3.63) is 71.4 Å². The fourth-order valence-corrected chi connectivity index (χ4v) is 7.34. The first-order chi connectivity index (χ1) is 22.9. The molecule has 1 saturated carbocycles. The Kier molecular flexibility index (Phi) is 8.17. The van der Waals surface area contributed by atoms with E-state index < -0.39 is 11.4 Å². The summed E-state index contributed by atoms with van der Waals surface area (Å²) in [6.07, 6.45) is 4.61. The third-order valence-corrected chi connectivity index (χ3v) is 9.51. The number of halogens is 1. The number of carbonyl (C=O) groups is 2. The number of amides is 2. The number of fused-ring (bicyclic) bond motifs is 1. The molecule has 2 aromatic carbocycles. The third kappa shape index (κ3) is 6.25. The topological polar surface area (TPSA) is 107 Å². The van der Waals surface area contributed by atoms with Gasteiger partial charge >= 0.3 is 6.09 Å². The van der Waals surface area contributed by atoms with Gasteiger partial charge < -0.3 is 28.7 Å². The predicted octanol–water partition coefficient (Wildman–Crippen LogP) is 5.96. The summed E-state index contributed by atoms with van der Waals surface area (Å²) in [7, 11) is 0. The molecule has 1 aromatic heterocycles. The fourth-order valence-electron chi connectivity index (χ4n) is 7.34. The van der Waals surface area contributed by atoms with Crippen LogP contribution in [0.2, 0.25) is 0 Å². The number of carbonyl (C=O) groups excluding carboxylic acids is 2. The van der Waals surface area contributed by atoms with Gasteiger partial charge in [-0.25, -0.2) is 19.2 Å². The Hall–Kier alpha value is -4.45. The lowest BCUT2D eigenvalue weighted by Gasteiger charge is -2.59. The SMILES string of the molecule is C[C@@H]1COC[C@@H](C)N1C(=O)c1cc(F)ccc1Oc1cncnc1N1CC2(CC(Oc3cccc4c3CN(C(=O)OC(C)(C)C)C4)C2)C1. The van der Waals surface area contributed by atoms with Crippen molar-refractivity contribution in [2.75, 3.05) is 31.2 Å². The number of hydrogen-bond acceptors (Lipinski definition) is 9. The highest BCUT2D eigenvalue weighted by Crippen LogP contribution is 2.52. The lowest BCUT2D eigenvalue weighted by Crippen LogP contribution is -2.65. The molecule has 0 unspecified atom stereocenters. The summed E-state index contributed by atoms with van der Waals surface area (Å²) in [4.78, 5) is 40.6. The minimum absolute atomic E-state index is 0.0769. The zero-order chi connectivity index (χ0) is 33.8. The van der Waals surface area contributed by atoms with Gasteiger partial charge in [0.15, 0.2) is 11.6 Å². The average molecular weight is 660 g/mol. The van der Waals surface area contributed by atoms with E-state index in [1.807, 2.05) is 52.8 Å². The van der Waals surface area contributed by atoms with Crippen molar-refractivity contribution in [2.45, 2.75) is 84.3 Å². The molecule has 254 valence electrons. The van der Waals surface area contributed by atoms with Gasteiger partial charge in [-0.15, -0.1) is 0 Å².